The topological polar surface area (TPSA) is 106 Å². The summed E-state index contributed by atoms with van der Waals surface area (Å²) in [5, 5.41) is 5.40. The van der Waals surface area contributed by atoms with Crippen LogP contribution in [-0.2, 0) is 20.9 Å². The van der Waals surface area contributed by atoms with E-state index in [0.717, 1.165) is 18.4 Å². The number of morpholine rings is 1. The van der Waals surface area contributed by atoms with Gasteiger partial charge in [-0.3, -0.25) is 4.79 Å². The molecule has 0 aromatic heterocycles. The minimum absolute atomic E-state index is 0.200. The number of ether oxygens (including phenoxy) is 2. The summed E-state index contributed by atoms with van der Waals surface area (Å²) in [6.07, 6.45) is 6.36. The quantitative estimate of drug-likeness (QED) is 0.297. The number of nitrogens with zero attached hydrogens (tertiary/aromatic N) is 1. The highest BCUT2D eigenvalue weighted by Gasteiger charge is 2.36. The zero-order chi connectivity index (χ0) is 24.4. The molecule has 9 heteroatoms. The van der Waals surface area contributed by atoms with Crippen LogP contribution < -0.4 is 16.4 Å². The van der Waals surface area contributed by atoms with Crippen molar-refractivity contribution in [3.8, 4) is 0 Å². The van der Waals surface area contributed by atoms with Crippen molar-refractivity contribution in [2.45, 2.75) is 69.0 Å². The van der Waals surface area contributed by atoms with Gasteiger partial charge in [0.25, 0.3) is 0 Å². The Balaban J connectivity index is 1.64. The number of nitrogens with two attached hydrogens (primary N) is 1. The minimum Gasteiger partial charge on any atom is -0.378 e. The fraction of sp³-hybridized carbons (Fsp3) is 0.680. The molecule has 34 heavy (non-hydrogen) atoms. The van der Waals surface area contributed by atoms with E-state index in [-0.39, 0.29) is 18.5 Å². The third-order valence-electron chi connectivity index (χ3n) is 6.78. The highest BCUT2D eigenvalue weighted by atomic mass is 32.1. The van der Waals surface area contributed by atoms with Crippen molar-refractivity contribution in [3.05, 3.63) is 35.9 Å². The van der Waals surface area contributed by atoms with Gasteiger partial charge in [0.2, 0.25) is 5.91 Å². The molecule has 1 aliphatic carbocycles. The molecular weight excluding hydrogens is 452 g/mol. The van der Waals surface area contributed by atoms with E-state index in [2.05, 4.69) is 23.3 Å². The third-order valence-corrected chi connectivity index (χ3v) is 7.35. The second-order valence-electron chi connectivity index (χ2n) is 9.67. The van der Waals surface area contributed by atoms with Gasteiger partial charge in [-0.15, -0.1) is 0 Å². The molecule has 190 valence electrons. The fourth-order valence-electron chi connectivity index (χ4n) is 4.51. The van der Waals surface area contributed by atoms with Crippen LogP contribution >= 0.6 is 12.6 Å². The number of urea groups is 1. The van der Waals surface area contributed by atoms with E-state index in [1.807, 2.05) is 37.3 Å². The summed E-state index contributed by atoms with van der Waals surface area (Å²) in [6.45, 7) is 4.51. The normalized spacial score (nSPS) is 20.7. The summed E-state index contributed by atoms with van der Waals surface area (Å²) in [4.78, 5) is 28.1. The van der Waals surface area contributed by atoms with Crippen molar-refractivity contribution in [2.24, 2.45) is 11.7 Å². The van der Waals surface area contributed by atoms with Crippen LogP contribution in [0.1, 0.15) is 51.0 Å². The Hall–Kier alpha value is -1.81. The number of hydrogen-bond donors (Lipinski definition) is 4. The second-order valence-corrected chi connectivity index (χ2v) is 10.2. The molecule has 3 amide bonds. The maximum atomic E-state index is 13.5. The molecule has 1 aromatic carbocycles. The van der Waals surface area contributed by atoms with Gasteiger partial charge < -0.3 is 30.7 Å². The molecule has 3 atom stereocenters. The molecule has 2 aliphatic rings. The first-order valence-electron chi connectivity index (χ1n) is 12.4. The van der Waals surface area contributed by atoms with Gasteiger partial charge >= 0.3 is 6.03 Å². The van der Waals surface area contributed by atoms with Crippen molar-refractivity contribution >= 4 is 24.6 Å². The summed E-state index contributed by atoms with van der Waals surface area (Å²) in [5.41, 5.74) is 6.30. The molecule has 4 N–H and O–H groups in total. The van der Waals surface area contributed by atoms with E-state index in [1.165, 1.54) is 19.3 Å². The Labute approximate surface area is 208 Å². The first kappa shape index (κ1) is 26.8. The Morgan fingerprint density at radius 1 is 1.21 bits per heavy atom. The van der Waals surface area contributed by atoms with Gasteiger partial charge in [0.05, 0.1) is 37.3 Å². The maximum absolute atomic E-state index is 13.5. The Kier molecular flexibility index (Phi) is 10.5. The van der Waals surface area contributed by atoms with E-state index in [9.17, 15) is 9.59 Å². The summed E-state index contributed by atoms with van der Waals surface area (Å²) in [7, 11) is 0. The molecule has 0 bridgehead atoms. The van der Waals surface area contributed by atoms with Crippen LogP contribution in [0.25, 0.3) is 0 Å². The Bertz CT molecular complexity index is 769. The van der Waals surface area contributed by atoms with E-state index < -0.39 is 17.0 Å². The van der Waals surface area contributed by atoms with Crippen LogP contribution in [0.4, 0.5) is 4.79 Å². The average molecular weight is 493 g/mol. The monoisotopic (exact) mass is 492 g/mol. The van der Waals surface area contributed by atoms with Gasteiger partial charge in [0.15, 0.2) is 0 Å². The number of carbonyl (C=O) groups excluding carboxylic acids is 2. The first-order chi connectivity index (χ1) is 16.4. The first-order valence-corrected chi connectivity index (χ1v) is 12.9. The van der Waals surface area contributed by atoms with Crippen molar-refractivity contribution in [1.82, 2.24) is 15.5 Å². The van der Waals surface area contributed by atoms with Gasteiger partial charge in [-0.1, -0.05) is 62.4 Å². The van der Waals surface area contributed by atoms with Gasteiger partial charge in [0.1, 0.15) is 6.04 Å². The van der Waals surface area contributed by atoms with Crippen LogP contribution in [0.3, 0.4) is 0 Å². The summed E-state index contributed by atoms with van der Waals surface area (Å²) in [5.74, 6) is 0.169. The lowest BCUT2D eigenvalue weighted by atomic mass is 9.84. The molecule has 2 fully saturated rings. The average Bonchev–Trinajstić information content (AvgIpc) is 2.85. The fourth-order valence-corrected chi connectivity index (χ4v) is 4.65. The van der Waals surface area contributed by atoms with Gasteiger partial charge in [-0.25, -0.2) is 4.79 Å². The molecule has 1 aromatic rings. The lowest BCUT2D eigenvalue weighted by molar-refractivity contribution is -0.126. The molecule has 1 heterocycles. The molecular formula is C25H40N4O4S. The van der Waals surface area contributed by atoms with Crippen LogP contribution in [0.2, 0.25) is 0 Å². The number of rotatable bonds is 10. The minimum atomic E-state index is -0.899. The van der Waals surface area contributed by atoms with Crippen LogP contribution in [0, 0.1) is 5.92 Å². The Morgan fingerprint density at radius 2 is 1.88 bits per heavy atom. The Morgan fingerprint density at radius 3 is 2.53 bits per heavy atom. The third kappa shape index (κ3) is 8.15. The van der Waals surface area contributed by atoms with E-state index in [4.69, 9.17) is 15.2 Å². The lowest BCUT2D eigenvalue weighted by Crippen LogP contribution is -2.63. The summed E-state index contributed by atoms with van der Waals surface area (Å²) >= 11 is 4.44. The SMILES string of the molecule is C[C@@](COCc1ccccc1)(NC(=O)[C@H](CC1CCCCC1)NC(=O)N1CCOCC1)[C@@H](N)S. The molecule has 8 nitrogen and oxygen atoms in total. The molecule has 1 saturated heterocycles. The number of carbonyl (C=O) groups is 2. The van der Waals surface area contributed by atoms with Crippen LogP contribution in [0.15, 0.2) is 30.3 Å². The van der Waals surface area contributed by atoms with Crippen molar-refractivity contribution in [2.75, 3.05) is 32.9 Å². The predicted molar refractivity (Wildman–Crippen MR) is 136 cm³/mol. The van der Waals surface area contributed by atoms with Gasteiger partial charge in [-0.05, 0) is 24.8 Å². The zero-order valence-corrected chi connectivity index (χ0v) is 21.1. The number of benzene rings is 1. The standard InChI is InChI=1S/C25H40N4O4S/c1-25(23(26)34,18-33-17-20-10-6-3-7-11-20)28-22(30)21(16-19-8-4-2-5-9-19)27-24(31)29-12-14-32-15-13-29/h3,6-7,10-11,19,21,23,34H,2,4-5,8-9,12-18,26H2,1H3,(H,27,31)(H,28,30)/t21-,23-,25-/m0/s1. The van der Waals surface area contributed by atoms with Crippen molar-refractivity contribution in [1.29, 1.82) is 0 Å². The molecule has 0 unspecified atom stereocenters. The molecule has 0 spiro atoms. The number of amides is 3. The van der Waals surface area contributed by atoms with E-state index in [1.54, 1.807) is 4.90 Å². The van der Waals surface area contributed by atoms with Crippen LogP contribution in [-0.4, -0.2) is 66.7 Å². The maximum Gasteiger partial charge on any atom is 0.318 e. The van der Waals surface area contributed by atoms with E-state index in [0.29, 0.717) is 45.2 Å². The smallest absolute Gasteiger partial charge is 0.318 e. The predicted octanol–water partition coefficient (Wildman–Crippen LogP) is 2.67. The van der Waals surface area contributed by atoms with Gasteiger partial charge in [0, 0.05) is 13.1 Å². The summed E-state index contributed by atoms with van der Waals surface area (Å²) in [6, 6.07) is 8.97. The lowest BCUT2D eigenvalue weighted by Gasteiger charge is -2.36. The number of thiol groups is 1. The van der Waals surface area contributed by atoms with Crippen molar-refractivity contribution in [3.63, 3.8) is 0 Å². The van der Waals surface area contributed by atoms with Crippen LogP contribution in [0.5, 0.6) is 0 Å². The second kappa shape index (κ2) is 13.3. The van der Waals surface area contributed by atoms with Crippen molar-refractivity contribution < 1.29 is 19.1 Å². The molecule has 3 rings (SSSR count). The number of nitrogens with one attached hydrogen (secondary N) is 2. The highest BCUT2D eigenvalue weighted by molar-refractivity contribution is 7.81. The molecule has 1 aliphatic heterocycles. The summed E-state index contributed by atoms with van der Waals surface area (Å²) < 4.78 is 11.2. The highest BCUT2D eigenvalue weighted by Crippen LogP contribution is 2.28. The zero-order valence-electron chi connectivity index (χ0n) is 20.2. The molecule has 1 saturated carbocycles. The molecule has 0 radical (unpaired) electrons. The number of hydrogen-bond acceptors (Lipinski definition) is 6. The van der Waals surface area contributed by atoms with E-state index >= 15 is 0 Å². The largest absolute Gasteiger partial charge is 0.378 e. The van der Waals surface area contributed by atoms with Gasteiger partial charge in [-0.2, -0.15) is 12.6 Å².